The molecule has 1 aromatic carbocycles. The number of methoxy groups -OCH3 is 1. The zero-order valence-electron chi connectivity index (χ0n) is 9.88. The lowest BCUT2D eigenvalue weighted by atomic mass is 10.3. The van der Waals surface area contributed by atoms with Gasteiger partial charge in [-0.25, -0.2) is 0 Å². The van der Waals surface area contributed by atoms with Crippen LogP contribution in [0.3, 0.4) is 0 Å². The second kappa shape index (κ2) is 6.63. The van der Waals surface area contributed by atoms with Crippen LogP contribution >= 0.6 is 11.6 Å². The zero-order chi connectivity index (χ0) is 14.5. The number of alkyl halides is 3. The normalized spacial score (nSPS) is 11.2. The van der Waals surface area contributed by atoms with Crippen molar-refractivity contribution >= 4 is 23.2 Å². The lowest BCUT2D eigenvalue weighted by molar-refractivity contribution is -0.153. The first-order valence-electron chi connectivity index (χ1n) is 5.09. The molecule has 0 heterocycles. The maximum absolute atomic E-state index is 12.1. The molecule has 0 spiro atoms. The van der Waals surface area contributed by atoms with E-state index in [4.69, 9.17) is 11.6 Å². The maximum atomic E-state index is 12.1. The van der Waals surface area contributed by atoms with Crippen molar-refractivity contribution in [2.75, 3.05) is 25.6 Å². The van der Waals surface area contributed by atoms with Crippen molar-refractivity contribution in [3.8, 4) is 5.75 Å². The molecule has 0 atom stereocenters. The van der Waals surface area contributed by atoms with Crippen LogP contribution in [0, 0.1) is 0 Å². The van der Waals surface area contributed by atoms with Crippen molar-refractivity contribution in [1.29, 1.82) is 0 Å². The summed E-state index contributed by atoms with van der Waals surface area (Å²) in [4.78, 5) is 11.3. The van der Waals surface area contributed by atoms with E-state index in [1.165, 1.54) is 25.3 Å². The molecule has 8 heteroatoms. The van der Waals surface area contributed by atoms with Gasteiger partial charge in [-0.3, -0.25) is 4.79 Å². The van der Waals surface area contributed by atoms with Gasteiger partial charge in [0.25, 0.3) is 0 Å². The predicted octanol–water partition coefficient (Wildman–Crippen LogP) is 2.87. The van der Waals surface area contributed by atoms with Crippen molar-refractivity contribution in [2.24, 2.45) is 0 Å². The van der Waals surface area contributed by atoms with Crippen LogP contribution in [0.15, 0.2) is 18.2 Å². The summed E-state index contributed by atoms with van der Waals surface area (Å²) < 4.78 is 45.4. The Morgan fingerprint density at radius 2 is 2.11 bits per heavy atom. The number of amides is 1. The van der Waals surface area contributed by atoms with Crippen molar-refractivity contribution in [3.05, 3.63) is 23.2 Å². The second-order valence-corrected chi connectivity index (χ2v) is 3.96. The van der Waals surface area contributed by atoms with Crippen LogP contribution in [0.1, 0.15) is 0 Å². The maximum Gasteiger partial charge on any atom is 0.422 e. The van der Waals surface area contributed by atoms with Gasteiger partial charge in [-0.2, -0.15) is 13.2 Å². The lowest BCUT2D eigenvalue weighted by Gasteiger charge is -2.14. The molecule has 106 valence electrons. The lowest BCUT2D eigenvalue weighted by Crippen LogP contribution is -2.21. The molecule has 1 aromatic rings. The van der Waals surface area contributed by atoms with E-state index in [9.17, 15) is 18.0 Å². The number of carbonyl (C=O) groups is 1. The number of benzene rings is 1. The number of halogens is 4. The molecule has 1 amide bonds. The molecular formula is C11H11ClF3NO3. The number of nitrogens with one attached hydrogen (secondary N) is 1. The van der Waals surface area contributed by atoms with E-state index in [-0.39, 0.29) is 23.1 Å². The van der Waals surface area contributed by atoms with Crippen LogP contribution in [0.2, 0.25) is 5.02 Å². The summed E-state index contributed by atoms with van der Waals surface area (Å²) in [5, 5.41) is 2.60. The minimum Gasteiger partial charge on any atom is -0.482 e. The summed E-state index contributed by atoms with van der Waals surface area (Å²) >= 11 is 5.71. The Bertz CT molecular complexity index is 451. The summed E-state index contributed by atoms with van der Waals surface area (Å²) in [5.74, 6) is -0.646. The third-order valence-corrected chi connectivity index (χ3v) is 2.12. The van der Waals surface area contributed by atoms with E-state index < -0.39 is 18.7 Å². The summed E-state index contributed by atoms with van der Waals surface area (Å²) in [6, 6.07) is 3.90. The highest BCUT2D eigenvalue weighted by atomic mass is 35.5. The summed E-state index contributed by atoms with van der Waals surface area (Å²) in [6.07, 6.45) is -4.46. The molecule has 4 nitrogen and oxygen atoms in total. The standard InChI is InChI=1S/C11H11ClF3NO3/c1-18-5-10(17)16-8-4-7(12)2-3-9(8)19-6-11(13,14)15/h2-4H,5-6H2,1H3,(H,16,17). The van der Waals surface area contributed by atoms with Crippen LogP contribution in [0.5, 0.6) is 5.75 Å². The number of anilines is 1. The van der Waals surface area contributed by atoms with Crippen molar-refractivity contribution in [1.82, 2.24) is 0 Å². The van der Waals surface area contributed by atoms with E-state index in [0.717, 1.165) is 0 Å². The Morgan fingerprint density at radius 1 is 1.42 bits per heavy atom. The second-order valence-electron chi connectivity index (χ2n) is 3.53. The Hall–Kier alpha value is -1.47. The van der Waals surface area contributed by atoms with Gasteiger partial charge < -0.3 is 14.8 Å². The van der Waals surface area contributed by atoms with Gasteiger partial charge in [-0.15, -0.1) is 0 Å². The Balaban J connectivity index is 2.82. The molecule has 0 saturated heterocycles. The summed E-state index contributed by atoms with van der Waals surface area (Å²) in [7, 11) is 1.32. The van der Waals surface area contributed by atoms with Gasteiger partial charge in [-0.1, -0.05) is 11.6 Å². The van der Waals surface area contributed by atoms with E-state index >= 15 is 0 Å². The third-order valence-electron chi connectivity index (χ3n) is 1.88. The number of carbonyl (C=O) groups excluding carboxylic acids is 1. The van der Waals surface area contributed by atoms with Gasteiger partial charge in [0, 0.05) is 12.1 Å². The molecule has 0 unspecified atom stereocenters. The van der Waals surface area contributed by atoms with Gasteiger partial charge in [0.2, 0.25) is 5.91 Å². The molecule has 0 radical (unpaired) electrons. The van der Waals surface area contributed by atoms with Crippen molar-refractivity contribution in [3.63, 3.8) is 0 Å². The highest BCUT2D eigenvalue weighted by Gasteiger charge is 2.29. The van der Waals surface area contributed by atoms with Gasteiger partial charge in [0.05, 0.1) is 5.69 Å². The molecule has 1 N–H and O–H groups in total. The quantitative estimate of drug-likeness (QED) is 0.909. The van der Waals surface area contributed by atoms with E-state index in [1.54, 1.807) is 0 Å². The van der Waals surface area contributed by atoms with Crippen molar-refractivity contribution in [2.45, 2.75) is 6.18 Å². The Morgan fingerprint density at radius 3 is 2.68 bits per heavy atom. The molecule has 0 aliphatic rings. The smallest absolute Gasteiger partial charge is 0.422 e. The van der Waals surface area contributed by atoms with Gasteiger partial charge in [0.1, 0.15) is 12.4 Å². The topological polar surface area (TPSA) is 47.6 Å². The fourth-order valence-corrected chi connectivity index (χ4v) is 1.37. The molecule has 0 aliphatic heterocycles. The van der Waals surface area contributed by atoms with E-state index in [1.807, 2.05) is 0 Å². The third kappa shape index (κ3) is 5.80. The number of hydrogen-bond donors (Lipinski definition) is 1. The first-order chi connectivity index (χ1) is 8.81. The predicted molar refractivity (Wildman–Crippen MR) is 63.5 cm³/mol. The summed E-state index contributed by atoms with van der Waals surface area (Å²) in [6.45, 7) is -1.69. The molecular weight excluding hydrogens is 287 g/mol. The van der Waals surface area contributed by atoms with Crippen LogP contribution in [0.25, 0.3) is 0 Å². The number of ether oxygens (including phenoxy) is 2. The van der Waals surface area contributed by atoms with Gasteiger partial charge in [-0.05, 0) is 18.2 Å². The minimum absolute atomic E-state index is 0.0544. The highest BCUT2D eigenvalue weighted by Crippen LogP contribution is 2.29. The fourth-order valence-electron chi connectivity index (χ4n) is 1.20. The van der Waals surface area contributed by atoms with Crippen LogP contribution in [-0.4, -0.2) is 32.4 Å². The van der Waals surface area contributed by atoms with Crippen LogP contribution < -0.4 is 10.1 Å². The van der Waals surface area contributed by atoms with Crippen molar-refractivity contribution < 1.29 is 27.4 Å². The molecule has 19 heavy (non-hydrogen) atoms. The minimum atomic E-state index is -4.46. The van der Waals surface area contributed by atoms with Gasteiger partial charge in [0.15, 0.2) is 6.61 Å². The van der Waals surface area contributed by atoms with Crippen LogP contribution in [0.4, 0.5) is 18.9 Å². The Labute approximate surface area is 112 Å². The molecule has 0 bridgehead atoms. The molecule has 0 fully saturated rings. The van der Waals surface area contributed by atoms with E-state index in [0.29, 0.717) is 0 Å². The van der Waals surface area contributed by atoms with E-state index in [2.05, 4.69) is 14.8 Å². The number of rotatable bonds is 5. The molecule has 1 rings (SSSR count). The average Bonchev–Trinajstić information content (AvgIpc) is 2.27. The van der Waals surface area contributed by atoms with Crippen LogP contribution in [-0.2, 0) is 9.53 Å². The first kappa shape index (κ1) is 15.6. The molecule has 0 aliphatic carbocycles. The highest BCUT2D eigenvalue weighted by molar-refractivity contribution is 6.31. The largest absolute Gasteiger partial charge is 0.482 e. The fraction of sp³-hybridized carbons (Fsp3) is 0.364. The monoisotopic (exact) mass is 297 g/mol. The molecule has 0 aromatic heterocycles. The Kier molecular flexibility index (Phi) is 5.44. The summed E-state index contributed by atoms with van der Waals surface area (Å²) in [5.41, 5.74) is 0.0544. The number of hydrogen-bond acceptors (Lipinski definition) is 3. The molecule has 0 saturated carbocycles. The SMILES string of the molecule is COCC(=O)Nc1cc(Cl)ccc1OCC(F)(F)F. The van der Waals surface area contributed by atoms with Gasteiger partial charge >= 0.3 is 6.18 Å². The average molecular weight is 298 g/mol. The first-order valence-corrected chi connectivity index (χ1v) is 5.47. The zero-order valence-corrected chi connectivity index (χ0v) is 10.6.